The number of nitrogens with zero attached hydrogens (tertiary/aromatic N) is 3. The molecule has 0 aliphatic carbocycles. The van der Waals surface area contributed by atoms with Crippen LogP contribution in [0.4, 0.5) is 5.69 Å². The van der Waals surface area contributed by atoms with Crippen LogP contribution >= 0.6 is 0 Å². The smallest absolute Gasteiger partial charge is 0.219 e. The first-order valence-electron chi connectivity index (χ1n) is 12.0. The zero-order chi connectivity index (χ0) is 20.9. The van der Waals surface area contributed by atoms with Crippen LogP contribution < -0.4 is 4.90 Å². The fourth-order valence-electron chi connectivity index (χ4n) is 5.90. The van der Waals surface area contributed by atoms with Gasteiger partial charge in [-0.15, -0.1) is 0 Å². The van der Waals surface area contributed by atoms with Crippen LogP contribution in [0, 0.1) is 5.92 Å². The highest BCUT2D eigenvalue weighted by Crippen LogP contribution is 2.31. The standard InChI is InChI=1S/C25H37N3O2/c1-20(30)27-14-7-5-11-25(27)22-13-17-26(18-22)16-12-21-8-2-3-10-24(21)28-15-6-4-9-23(28)19-29/h2-3,8,10,19,22-23,25H,4-7,9,11-18H2,1H3. The van der Waals surface area contributed by atoms with Crippen molar-refractivity contribution in [2.24, 2.45) is 5.92 Å². The Morgan fingerprint density at radius 1 is 1.03 bits per heavy atom. The van der Waals surface area contributed by atoms with Crippen LogP contribution in [0.1, 0.15) is 57.4 Å². The molecule has 3 saturated heterocycles. The number of aldehydes is 1. The van der Waals surface area contributed by atoms with Crippen molar-refractivity contribution in [3.05, 3.63) is 29.8 Å². The third-order valence-corrected chi connectivity index (χ3v) is 7.51. The van der Waals surface area contributed by atoms with Crippen LogP contribution in [0.25, 0.3) is 0 Å². The van der Waals surface area contributed by atoms with Crippen molar-refractivity contribution < 1.29 is 9.59 Å². The summed E-state index contributed by atoms with van der Waals surface area (Å²) in [4.78, 5) is 30.7. The van der Waals surface area contributed by atoms with E-state index in [0.29, 0.717) is 12.0 Å². The molecule has 1 aromatic rings. The fourth-order valence-corrected chi connectivity index (χ4v) is 5.90. The summed E-state index contributed by atoms with van der Waals surface area (Å²) in [5.41, 5.74) is 2.61. The SMILES string of the molecule is CC(=O)N1CCCCC1C1CCN(CCc2ccccc2N2CCCCC2C=O)C1. The lowest BCUT2D eigenvalue weighted by atomic mass is 9.89. The summed E-state index contributed by atoms with van der Waals surface area (Å²) in [6, 6.07) is 9.11. The summed E-state index contributed by atoms with van der Waals surface area (Å²) >= 11 is 0. The highest BCUT2D eigenvalue weighted by molar-refractivity contribution is 5.73. The van der Waals surface area contributed by atoms with E-state index in [-0.39, 0.29) is 11.9 Å². The average molecular weight is 412 g/mol. The Morgan fingerprint density at radius 2 is 1.83 bits per heavy atom. The van der Waals surface area contributed by atoms with Crippen LogP contribution in [-0.4, -0.2) is 66.8 Å². The number of piperidine rings is 2. The lowest BCUT2D eigenvalue weighted by Crippen LogP contribution is -2.47. The predicted octanol–water partition coefficient (Wildman–Crippen LogP) is 3.51. The van der Waals surface area contributed by atoms with Crippen molar-refractivity contribution in [3.8, 4) is 0 Å². The second kappa shape index (κ2) is 9.95. The fraction of sp³-hybridized carbons (Fsp3) is 0.680. The molecule has 3 aliphatic heterocycles. The number of likely N-dealkylation sites (tertiary alicyclic amines) is 2. The summed E-state index contributed by atoms with van der Waals surface area (Å²) in [6.07, 6.45) is 10.2. The Kier molecular flexibility index (Phi) is 7.08. The number of hydrogen-bond acceptors (Lipinski definition) is 4. The second-order valence-electron chi connectivity index (χ2n) is 9.40. The topological polar surface area (TPSA) is 43.9 Å². The summed E-state index contributed by atoms with van der Waals surface area (Å²) < 4.78 is 0. The minimum Gasteiger partial charge on any atom is -0.362 e. The first-order chi connectivity index (χ1) is 14.7. The van der Waals surface area contributed by atoms with Gasteiger partial charge in [0.05, 0.1) is 6.04 Å². The molecule has 3 heterocycles. The Hall–Kier alpha value is -1.88. The largest absolute Gasteiger partial charge is 0.362 e. The number of carbonyl (C=O) groups excluding carboxylic acids is 2. The van der Waals surface area contributed by atoms with Crippen LogP contribution in [0.2, 0.25) is 0 Å². The van der Waals surface area contributed by atoms with E-state index in [1.807, 2.05) is 0 Å². The molecule has 3 unspecified atom stereocenters. The Balaban J connectivity index is 1.37. The van der Waals surface area contributed by atoms with Gasteiger partial charge in [-0.3, -0.25) is 4.79 Å². The van der Waals surface area contributed by atoms with Gasteiger partial charge in [-0.05, 0) is 75.5 Å². The van der Waals surface area contributed by atoms with Gasteiger partial charge in [0, 0.05) is 44.8 Å². The number of benzene rings is 1. The monoisotopic (exact) mass is 411 g/mol. The molecular weight excluding hydrogens is 374 g/mol. The summed E-state index contributed by atoms with van der Waals surface area (Å²) in [5, 5.41) is 0. The highest BCUT2D eigenvalue weighted by Gasteiger charge is 2.35. The van der Waals surface area contributed by atoms with E-state index >= 15 is 0 Å². The van der Waals surface area contributed by atoms with Crippen molar-refractivity contribution in [1.82, 2.24) is 9.80 Å². The molecule has 5 heteroatoms. The van der Waals surface area contributed by atoms with E-state index in [1.54, 1.807) is 6.92 Å². The maximum absolute atomic E-state index is 12.1. The molecule has 0 saturated carbocycles. The Morgan fingerprint density at radius 3 is 2.67 bits per heavy atom. The zero-order valence-electron chi connectivity index (χ0n) is 18.5. The molecule has 164 valence electrons. The molecule has 0 spiro atoms. The number of hydrogen-bond donors (Lipinski definition) is 0. The Labute approximate surface area is 181 Å². The minimum absolute atomic E-state index is 0.0277. The normalized spacial score (nSPS) is 28.0. The van der Waals surface area contributed by atoms with E-state index in [0.717, 1.165) is 64.7 Å². The maximum atomic E-state index is 12.1. The van der Waals surface area contributed by atoms with Gasteiger partial charge in [-0.25, -0.2) is 0 Å². The molecule has 4 rings (SSSR count). The zero-order valence-corrected chi connectivity index (χ0v) is 18.5. The molecule has 30 heavy (non-hydrogen) atoms. The highest BCUT2D eigenvalue weighted by atomic mass is 16.2. The number of rotatable bonds is 6. The average Bonchev–Trinajstić information content (AvgIpc) is 3.27. The van der Waals surface area contributed by atoms with E-state index in [9.17, 15) is 9.59 Å². The van der Waals surface area contributed by atoms with Crippen molar-refractivity contribution in [2.45, 2.75) is 70.4 Å². The van der Waals surface area contributed by atoms with Gasteiger partial charge < -0.3 is 19.5 Å². The molecule has 0 aromatic heterocycles. The number of carbonyl (C=O) groups is 2. The van der Waals surface area contributed by atoms with Crippen molar-refractivity contribution >= 4 is 17.9 Å². The molecule has 0 radical (unpaired) electrons. The van der Waals surface area contributed by atoms with Gasteiger partial charge in [-0.1, -0.05) is 18.2 Å². The molecule has 1 amide bonds. The number of para-hydroxylation sites is 1. The molecule has 5 nitrogen and oxygen atoms in total. The quantitative estimate of drug-likeness (QED) is 0.672. The molecular formula is C25H37N3O2. The molecule has 0 N–H and O–H groups in total. The molecule has 3 fully saturated rings. The lowest BCUT2D eigenvalue weighted by molar-refractivity contribution is -0.133. The van der Waals surface area contributed by atoms with Crippen molar-refractivity contribution in [2.75, 3.05) is 37.6 Å². The van der Waals surface area contributed by atoms with Crippen LogP contribution in [0.15, 0.2) is 24.3 Å². The van der Waals surface area contributed by atoms with Gasteiger partial charge in [0.15, 0.2) is 0 Å². The third-order valence-electron chi connectivity index (χ3n) is 7.51. The summed E-state index contributed by atoms with van der Waals surface area (Å²) in [6.45, 7) is 6.95. The van der Waals surface area contributed by atoms with Gasteiger partial charge in [0.1, 0.15) is 6.29 Å². The van der Waals surface area contributed by atoms with Gasteiger partial charge in [-0.2, -0.15) is 0 Å². The van der Waals surface area contributed by atoms with Gasteiger partial charge in [0.25, 0.3) is 0 Å². The molecule has 3 aliphatic rings. The summed E-state index contributed by atoms with van der Waals surface area (Å²) in [7, 11) is 0. The molecule has 3 atom stereocenters. The maximum Gasteiger partial charge on any atom is 0.219 e. The first-order valence-corrected chi connectivity index (χ1v) is 12.0. The van der Waals surface area contributed by atoms with Crippen molar-refractivity contribution in [1.29, 1.82) is 0 Å². The van der Waals surface area contributed by atoms with E-state index in [2.05, 4.69) is 39.0 Å². The number of amides is 1. The van der Waals surface area contributed by atoms with Crippen molar-refractivity contribution in [3.63, 3.8) is 0 Å². The van der Waals surface area contributed by atoms with Gasteiger partial charge >= 0.3 is 0 Å². The third kappa shape index (κ3) is 4.72. The van der Waals surface area contributed by atoms with Crippen LogP contribution in [-0.2, 0) is 16.0 Å². The van der Waals surface area contributed by atoms with Crippen LogP contribution in [0.5, 0.6) is 0 Å². The summed E-state index contributed by atoms with van der Waals surface area (Å²) in [5.74, 6) is 0.865. The van der Waals surface area contributed by atoms with E-state index in [4.69, 9.17) is 0 Å². The second-order valence-corrected chi connectivity index (χ2v) is 9.40. The van der Waals surface area contributed by atoms with Gasteiger partial charge in [0.2, 0.25) is 5.91 Å². The van der Waals surface area contributed by atoms with E-state index < -0.39 is 0 Å². The molecule has 0 bridgehead atoms. The minimum atomic E-state index is 0.0277. The molecule has 1 aromatic carbocycles. The predicted molar refractivity (Wildman–Crippen MR) is 121 cm³/mol. The first kappa shape index (κ1) is 21.4. The Bertz CT molecular complexity index is 737. The van der Waals surface area contributed by atoms with E-state index in [1.165, 1.54) is 36.9 Å². The lowest BCUT2D eigenvalue weighted by Gasteiger charge is -2.38. The number of anilines is 1. The van der Waals surface area contributed by atoms with Crippen LogP contribution in [0.3, 0.4) is 0 Å².